The van der Waals surface area contributed by atoms with Crippen LogP contribution in [0.3, 0.4) is 0 Å². The molecule has 1 aromatic rings. The lowest BCUT2D eigenvalue weighted by Gasteiger charge is -2.06. The fraction of sp³-hybridized carbons (Fsp3) is 0.333. The topological polar surface area (TPSA) is 18.5 Å². The molecule has 0 unspecified atom stereocenters. The maximum Gasteiger partial charge on any atom is 0.188 e. The molecule has 4 heteroatoms. The number of alkyl halides is 1. The van der Waals surface area contributed by atoms with Crippen LogP contribution in [0.15, 0.2) is 18.2 Å². The average molecular weight is 266 g/mol. The van der Waals surface area contributed by atoms with Crippen molar-refractivity contribution in [2.75, 3.05) is 13.9 Å². The van der Waals surface area contributed by atoms with Crippen LogP contribution in [0.25, 0.3) is 0 Å². The molecule has 0 aliphatic heterocycles. The van der Waals surface area contributed by atoms with E-state index in [1.807, 2.05) is 12.1 Å². The Balaban J connectivity index is 2.71. The Kier molecular flexibility index (Phi) is 4.56. The molecule has 1 rings (SSSR count). The molecule has 0 heterocycles. The highest BCUT2D eigenvalue weighted by Crippen LogP contribution is 2.24. The summed E-state index contributed by atoms with van der Waals surface area (Å²) in [6.45, 7) is 0.240. The van der Waals surface area contributed by atoms with Gasteiger partial charge in [0.25, 0.3) is 0 Å². The largest absolute Gasteiger partial charge is 0.468 e. The lowest BCUT2D eigenvalue weighted by molar-refractivity contribution is 0.0511. The molecule has 13 heavy (non-hydrogen) atoms. The molecular weight excluding hydrogens is 255 g/mol. The van der Waals surface area contributed by atoms with E-state index in [1.54, 1.807) is 13.2 Å². The van der Waals surface area contributed by atoms with Crippen LogP contribution in [-0.4, -0.2) is 13.9 Å². The number of hydrogen-bond donors (Lipinski definition) is 0. The normalized spacial score (nSPS) is 10.1. The minimum atomic E-state index is 0.240. The van der Waals surface area contributed by atoms with Gasteiger partial charge in [-0.1, -0.05) is 33.6 Å². The van der Waals surface area contributed by atoms with Crippen molar-refractivity contribution >= 4 is 27.5 Å². The summed E-state index contributed by atoms with van der Waals surface area (Å²) in [7, 11) is 1.58. The maximum atomic E-state index is 5.96. The molecule has 0 aliphatic rings. The van der Waals surface area contributed by atoms with Gasteiger partial charge in [-0.15, -0.1) is 0 Å². The number of ether oxygens (including phenoxy) is 2. The van der Waals surface area contributed by atoms with Crippen LogP contribution in [0.1, 0.15) is 5.56 Å². The van der Waals surface area contributed by atoms with Gasteiger partial charge in [-0.05, 0) is 17.7 Å². The van der Waals surface area contributed by atoms with E-state index in [0.717, 1.165) is 16.6 Å². The molecule has 0 fully saturated rings. The van der Waals surface area contributed by atoms with Crippen LogP contribution in [0.4, 0.5) is 0 Å². The van der Waals surface area contributed by atoms with E-state index in [-0.39, 0.29) is 6.79 Å². The van der Waals surface area contributed by atoms with Crippen LogP contribution >= 0.6 is 27.5 Å². The second-order valence-electron chi connectivity index (χ2n) is 2.44. The fourth-order valence-corrected chi connectivity index (χ4v) is 1.74. The molecule has 0 N–H and O–H groups in total. The number of hydrogen-bond acceptors (Lipinski definition) is 2. The molecule has 0 radical (unpaired) electrons. The zero-order valence-electron chi connectivity index (χ0n) is 7.22. The Bertz CT molecular complexity index is 278. The van der Waals surface area contributed by atoms with E-state index in [1.165, 1.54) is 0 Å². The molecule has 2 nitrogen and oxygen atoms in total. The summed E-state index contributed by atoms with van der Waals surface area (Å²) in [5.41, 5.74) is 1.05. The number of halogens is 2. The van der Waals surface area contributed by atoms with Crippen molar-refractivity contribution in [3.05, 3.63) is 28.8 Å². The molecule has 0 atom stereocenters. The molecule has 0 bridgehead atoms. The van der Waals surface area contributed by atoms with Crippen LogP contribution in [0.5, 0.6) is 5.75 Å². The van der Waals surface area contributed by atoms with Gasteiger partial charge >= 0.3 is 0 Å². The number of benzene rings is 1. The molecule has 0 amide bonds. The van der Waals surface area contributed by atoms with E-state index < -0.39 is 0 Å². The second kappa shape index (κ2) is 5.47. The SMILES string of the molecule is COCOc1ccc(CBr)c(Cl)c1. The van der Waals surface area contributed by atoms with Gasteiger partial charge in [0.15, 0.2) is 6.79 Å². The maximum absolute atomic E-state index is 5.96. The predicted octanol–water partition coefficient (Wildman–Crippen LogP) is 3.22. The molecule has 1 aromatic carbocycles. The van der Waals surface area contributed by atoms with Crippen molar-refractivity contribution in [1.29, 1.82) is 0 Å². The van der Waals surface area contributed by atoms with Gasteiger partial charge in [0, 0.05) is 17.5 Å². The van der Waals surface area contributed by atoms with E-state index >= 15 is 0 Å². The van der Waals surface area contributed by atoms with E-state index in [4.69, 9.17) is 21.1 Å². The van der Waals surface area contributed by atoms with Gasteiger partial charge < -0.3 is 9.47 Å². The fourth-order valence-electron chi connectivity index (χ4n) is 0.853. The van der Waals surface area contributed by atoms with Gasteiger partial charge in [-0.2, -0.15) is 0 Å². The molecular formula is C9H10BrClO2. The summed E-state index contributed by atoms with van der Waals surface area (Å²) in [6, 6.07) is 5.56. The van der Waals surface area contributed by atoms with Crippen LogP contribution in [-0.2, 0) is 10.1 Å². The average Bonchev–Trinajstić information content (AvgIpc) is 2.15. The van der Waals surface area contributed by atoms with Crippen molar-refractivity contribution in [2.24, 2.45) is 0 Å². The quantitative estimate of drug-likeness (QED) is 0.615. The highest BCUT2D eigenvalue weighted by molar-refractivity contribution is 9.08. The van der Waals surface area contributed by atoms with Crippen molar-refractivity contribution in [3.8, 4) is 5.75 Å². The molecule has 0 saturated carbocycles. The first-order valence-corrected chi connectivity index (χ1v) is 5.24. The van der Waals surface area contributed by atoms with Crippen LogP contribution in [0, 0.1) is 0 Å². The first-order chi connectivity index (χ1) is 6.27. The lowest BCUT2D eigenvalue weighted by Crippen LogP contribution is -1.98. The first-order valence-electron chi connectivity index (χ1n) is 3.74. The molecule has 0 saturated heterocycles. The van der Waals surface area contributed by atoms with Crippen LogP contribution < -0.4 is 4.74 Å². The second-order valence-corrected chi connectivity index (χ2v) is 3.41. The minimum absolute atomic E-state index is 0.240. The van der Waals surface area contributed by atoms with Gasteiger partial charge in [-0.25, -0.2) is 0 Å². The summed E-state index contributed by atoms with van der Waals surface area (Å²) >= 11 is 9.29. The summed E-state index contributed by atoms with van der Waals surface area (Å²) in [5.74, 6) is 0.719. The lowest BCUT2D eigenvalue weighted by atomic mass is 10.2. The third-order valence-corrected chi connectivity index (χ3v) is 2.47. The summed E-state index contributed by atoms with van der Waals surface area (Å²) in [6.07, 6.45) is 0. The molecule has 72 valence electrons. The van der Waals surface area contributed by atoms with E-state index in [0.29, 0.717) is 5.02 Å². The summed E-state index contributed by atoms with van der Waals surface area (Å²) < 4.78 is 9.98. The van der Waals surface area contributed by atoms with Crippen molar-refractivity contribution in [3.63, 3.8) is 0 Å². The molecule has 0 aliphatic carbocycles. The Morgan fingerprint density at radius 1 is 1.46 bits per heavy atom. The monoisotopic (exact) mass is 264 g/mol. The minimum Gasteiger partial charge on any atom is -0.468 e. The Hall–Kier alpha value is -0.250. The highest BCUT2D eigenvalue weighted by atomic mass is 79.9. The van der Waals surface area contributed by atoms with E-state index in [2.05, 4.69) is 15.9 Å². The van der Waals surface area contributed by atoms with Gasteiger partial charge in [0.05, 0.1) is 0 Å². The standard InChI is InChI=1S/C9H10BrClO2/c1-12-6-13-8-3-2-7(5-10)9(11)4-8/h2-4H,5-6H2,1H3. The zero-order valence-corrected chi connectivity index (χ0v) is 9.56. The molecule has 0 spiro atoms. The molecule has 0 aromatic heterocycles. The van der Waals surface area contributed by atoms with Crippen molar-refractivity contribution < 1.29 is 9.47 Å². The Morgan fingerprint density at radius 2 is 2.23 bits per heavy atom. The Labute approximate surface area is 90.9 Å². The summed E-state index contributed by atoms with van der Waals surface area (Å²) in [4.78, 5) is 0. The summed E-state index contributed by atoms with van der Waals surface area (Å²) in [5, 5.41) is 1.45. The van der Waals surface area contributed by atoms with Gasteiger partial charge in [-0.3, -0.25) is 0 Å². The third kappa shape index (κ3) is 3.18. The number of rotatable bonds is 4. The first kappa shape index (κ1) is 10.8. The van der Waals surface area contributed by atoms with Gasteiger partial charge in [0.1, 0.15) is 5.75 Å². The smallest absolute Gasteiger partial charge is 0.188 e. The van der Waals surface area contributed by atoms with Crippen molar-refractivity contribution in [1.82, 2.24) is 0 Å². The zero-order chi connectivity index (χ0) is 9.68. The van der Waals surface area contributed by atoms with Gasteiger partial charge in [0.2, 0.25) is 0 Å². The van der Waals surface area contributed by atoms with Crippen LogP contribution in [0.2, 0.25) is 5.02 Å². The van der Waals surface area contributed by atoms with Crippen molar-refractivity contribution in [2.45, 2.75) is 5.33 Å². The Morgan fingerprint density at radius 3 is 2.77 bits per heavy atom. The number of methoxy groups -OCH3 is 1. The highest BCUT2D eigenvalue weighted by Gasteiger charge is 2.00. The predicted molar refractivity (Wildman–Crippen MR) is 56.6 cm³/mol. The van der Waals surface area contributed by atoms with E-state index in [9.17, 15) is 0 Å². The third-order valence-electron chi connectivity index (χ3n) is 1.51.